The highest BCUT2D eigenvalue weighted by Gasteiger charge is 2.23. The fourth-order valence-corrected chi connectivity index (χ4v) is 2.04. The Hall–Kier alpha value is -0.450. The van der Waals surface area contributed by atoms with Crippen molar-refractivity contribution in [2.75, 3.05) is 13.1 Å². The first-order valence-corrected chi connectivity index (χ1v) is 5.37. The van der Waals surface area contributed by atoms with E-state index in [9.17, 15) is 4.39 Å². The predicted octanol–water partition coefficient (Wildman–Crippen LogP) is 1.73. The van der Waals surface area contributed by atoms with Gasteiger partial charge in [-0.25, -0.2) is 4.39 Å². The molecule has 2 nitrogen and oxygen atoms in total. The van der Waals surface area contributed by atoms with E-state index in [2.05, 4.69) is 20.8 Å². The summed E-state index contributed by atoms with van der Waals surface area (Å²) >= 11 is 3.24. The van der Waals surface area contributed by atoms with Crippen molar-refractivity contribution in [3.05, 3.63) is 34.1 Å². The molecule has 0 unspecified atom stereocenters. The zero-order valence-electron chi connectivity index (χ0n) is 7.71. The lowest BCUT2D eigenvalue weighted by atomic mass is 10.1. The summed E-state index contributed by atoms with van der Waals surface area (Å²) in [6.07, 6.45) is 0. The molecule has 0 amide bonds. The number of hydrogen-bond donors (Lipinski definition) is 1. The third-order valence-corrected chi connectivity index (χ3v) is 3.30. The number of benzene rings is 1. The maximum Gasteiger partial charge on any atom is 0.137 e. The Kier molecular flexibility index (Phi) is 2.85. The van der Waals surface area contributed by atoms with E-state index in [1.54, 1.807) is 6.07 Å². The molecule has 0 bridgehead atoms. The molecule has 0 aliphatic carbocycles. The lowest BCUT2D eigenvalue weighted by Gasteiger charge is -2.37. The fourth-order valence-electron chi connectivity index (χ4n) is 1.65. The number of likely N-dealkylation sites (tertiary alicyclic amines) is 1. The summed E-state index contributed by atoms with van der Waals surface area (Å²) in [6.45, 7) is 2.58. The molecule has 1 aromatic rings. The van der Waals surface area contributed by atoms with E-state index in [0.29, 0.717) is 10.5 Å². The van der Waals surface area contributed by atoms with Gasteiger partial charge in [-0.2, -0.15) is 0 Å². The van der Waals surface area contributed by atoms with Crippen LogP contribution in [0.25, 0.3) is 0 Å². The third-order valence-electron chi connectivity index (χ3n) is 2.41. The van der Waals surface area contributed by atoms with Crippen LogP contribution in [0.5, 0.6) is 0 Å². The maximum absolute atomic E-state index is 13.1. The second-order valence-electron chi connectivity index (χ2n) is 3.67. The molecular formula is C10H12BrFN2. The van der Waals surface area contributed by atoms with Crippen molar-refractivity contribution in [3.8, 4) is 0 Å². The van der Waals surface area contributed by atoms with Crippen LogP contribution in [0.15, 0.2) is 22.7 Å². The highest BCUT2D eigenvalue weighted by Crippen LogP contribution is 2.23. The summed E-state index contributed by atoms with van der Waals surface area (Å²) < 4.78 is 13.7. The largest absolute Gasteiger partial charge is 0.325 e. The van der Waals surface area contributed by atoms with E-state index in [-0.39, 0.29) is 5.82 Å². The van der Waals surface area contributed by atoms with Gasteiger partial charge in [0.15, 0.2) is 0 Å². The minimum absolute atomic E-state index is 0.202. The highest BCUT2D eigenvalue weighted by atomic mass is 79.9. The van der Waals surface area contributed by atoms with Crippen LogP contribution in [-0.2, 0) is 6.54 Å². The molecule has 0 aromatic heterocycles. The van der Waals surface area contributed by atoms with Gasteiger partial charge in [-0.3, -0.25) is 4.90 Å². The minimum Gasteiger partial charge on any atom is -0.325 e. The smallest absolute Gasteiger partial charge is 0.137 e. The maximum atomic E-state index is 13.1. The van der Waals surface area contributed by atoms with Gasteiger partial charge in [0, 0.05) is 25.7 Å². The first-order valence-electron chi connectivity index (χ1n) is 4.57. The van der Waals surface area contributed by atoms with E-state index in [4.69, 9.17) is 5.73 Å². The van der Waals surface area contributed by atoms with Crippen LogP contribution >= 0.6 is 15.9 Å². The number of nitrogens with two attached hydrogens (primary N) is 1. The lowest BCUT2D eigenvalue weighted by Crippen LogP contribution is -2.54. The Bertz CT molecular complexity index is 337. The van der Waals surface area contributed by atoms with Gasteiger partial charge in [-0.15, -0.1) is 0 Å². The van der Waals surface area contributed by atoms with Crippen LogP contribution in [0, 0.1) is 5.82 Å². The molecule has 0 saturated carbocycles. The van der Waals surface area contributed by atoms with Crippen LogP contribution in [0.3, 0.4) is 0 Å². The van der Waals surface area contributed by atoms with Gasteiger partial charge < -0.3 is 5.73 Å². The molecule has 4 heteroatoms. The zero-order valence-corrected chi connectivity index (χ0v) is 9.30. The predicted molar refractivity (Wildman–Crippen MR) is 57.4 cm³/mol. The van der Waals surface area contributed by atoms with Gasteiger partial charge in [-0.05, 0) is 27.6 Å². The molecule has 1 fully saturated rings. The van der Waals surface area contributed by atoms with Crippen molar-refractivity contribution in [2.24, 2.45) is 5.73 Å². The van der Waals surface area contributed by atoms with E-state index in [0.717, 1.165) is 25.2 Å². The number of hydrogen-bond acceptors (Lipinski definition) is 2. The molecular weight excluding hydrogens is 247 g/mol. The zero-order chi connectivity index (χ0) is 10.1. The first-order chi connectivity index (χ1) is 6.66. The minimum atomic E-state index is -0.202. The molecule has 0 atom stereocenters. The van der Waals surface area contributed by atoms with Crippen LogP contribution in [-0.4, -0.2) is 24.0 Å². The second kappa shape index (κ2) is 3.96. The molecule has 1 saturated heterocycles. The summed E-state index contributed by atoms with van der Waals surface area (Å²) in [4.78, 5) is 2.20. The standard InChI is InChI=1S/C10H12BrFN2/c11-10-7(2-1-3-9(10)12)4-14-5-8(13)6-14/h1-3,8H,4-6,13H2. The van der Waals surface area contributed by atoms with Gasteiger partial charge in [0.1, 0.15) is 5.82 Å². The average Bonchev–Trinajstić information content (AvgIpc) is 2.10. The topological polar surface area (TPSA) is 29.3 Å². The molecule has 0 radical (unpaired) electrons. The highest BCUT2D eigenvalue weighted by molar-refractivity contribution is 9.10. The number of rotatable bonds is 2. The van der Waals surface area contributed by atoms with Crippen molar-refractivity contribution in [3.63, 3.8) is 0 Å². The van der Waals surface area contributed by atoms with Crippen LogP contribution in [0.1, 0.15) is 5.56 Å². The Morgan fingerprint density at radius 3 is 2.86 bits per heavy atom. The molecule has 2 N–H and O–H groups in total. The third kappa shape index (κ3) is 1.97. The molecule has 1 aliphatic rings. The normalized spacial score (nSPS) is 18.2. The van der Waals surface area contributed by atoms with Gasteiger partial charge >= 0.3 is 0 Å². The van der Waals surface area contributed by atoms with Gasteiger partial charge in [0.25, 0.3) is 0 Å². The quantitative estimate of drug-likeness (QED) is 0.876. The Morgan fingerprint density at radius 1 is 1.50 bits per heavy atom. The molecule has 76 valence electrons. The molecule has 2 rings (SSSR count). The summed E-state index contributed by atoms with van der Waals surface area (Å²) in [7, 11) is 0. The van der Waals surface area contributed by atoms with Gasteiger partial charge in [-0.1, -0.05) is 12.1 Å². The second-order valence-corrected chi connectivity index (χ2v) is 4.46. The number of halogens is 2. The number of nitrogens with zero attached hydrogens (tertiary/aromatic N) is 1. The Labute approximate surface area is 91.0 Å². The van der Waals surface area contributed by atoms with Crippen molar-refractivity contribution in [2.45, 2.75) is 12.6 Å². The van der Waals surface area contributed by atoms with Crippen LogP contribution < -0.4 is 5.73 Å². The average molecular weight is 259 g/mol. The summed E-state index contributed by atoms with van der Waals surface area (Å²) in [5, 5.41) is 0. The van der Waals surface area contributed by atoms with Crippen LogP contribution in [0.2, 0.25) is 0 Å². The Balaban J connectivity index is 2.06. The fraction of sp³-hybridized carbons (Fsp3) is 0.400. The molecule has 1 aliphatic heterocycles. The Morgan fingerprint density at radius 2 is 2.21 bits per heavy atom. The summed E-state index contributed by atoms with van der Waals surface area (Å²) in [5.74, 6) is -0.202. The molecule has 1 aromatic carbocycles. The molecule has 1 heterocycles. The van der Waals surface area contributed by atoms with E-state index in [1.165, 1.54) is 6.07 Å². The first kappa shape index (κ1) is 10.1. The van der Waals surface area contributed by atoms with Gasteiger partial charge in [0.05, 0.1) is 4.47 Å². The van der Waals surface area contributed by atoms with Crippen molar-refractivity contribution in [1.82, 2.24) is 4.90 Å². The monoisotopic (exact) mass is 258 g/mol. The van der Waals surface area contributed by atoms with E-state index >= 15 is 0 Å². The molecule has 0 spiro atoms. The summed E-state index contributed by atoms with van der Waals surface area (Å²) in [5.41, 5.74) is 6.65. The lowest BCUT2D eigenvalue weighted by molar-refractivity contribution is 0.142. The summed E-state index contributed by atoms with van der Waals surface area (Å²) in [6, 6.07) is 5.41. The molecule has 14 heavy (non-hydrogen) atoms. The van der Waals surface area contributed by atoms with Crippen molar-refractivity contribution < 1.29 is 4.39 Å². The van der Waals surface area contributed by atoms with Crippen molar-refractivity contribution in [1.29, 1.82) is 0 Å². The van der Waals surface area contributed by atoms with Gasteiger partial charge in [0.2, 0.25) is 0 Å². The SMILES string of the molecule is NC1CN(Cc2cccc(F)c2Br)C1. The van der Waals surface area contributed by atoms with Crippen LogP contribution in [0.4, 0.5) is 4.39 Å². The van der Waals surface area contributed by atoms with E-state index in [1.807, 2.05) is 6.07 Å². The van der Waals surface area contributed by atoms with Crippen molar-refractivity contribution >= 4 is 15.9 Å². The van der Waals surface area contributed by atoms with E-state index < -0.39 is 0 Å².